The molecule has 0 bridgehead atoms. The van der Waals surface area contributed by atoms with E-state index in [0.717, 1.165) is 31.5 Å². The fourth-order valence-electron chi connectivity index (χ4n) is 2.67. The Morgan fingerprint density at radius 1 is 1.45 bits per heavy atom. The zero-order valence-corrected chi connectivity index (χ0v) is 12.2. The Balaban J connectivity index is 1.93. The Hall–Kier alpha value is -1.42. The Bertz CT molecular complexity index is 440. The predicted octanol–water partition coefficient (Wildman–Crippen LogP) is 2.73. The lowest BCUT2D eigenvalue weighted by Crippen LogP contribution is -2.36. The van der Waals surface area contributed by atoms with Gasteiger partial charge in [-0.25, -0.2) is 4.39 Å². The van der Waals surface area contributed by atoms with E-state index >= 15 is 0 Å². The fourth-order valence-corrected chi connectivity index (χ4v) is 2.67. The van der Waals surface area contributed by atoms with Gasteiger partial charge in [0.1, 0.15) is 5.82 Å². The molecular formula is C16H23FN2O. The van der Waals surface area contributed by atoms with E-state index < -0.39 is 0 Å². The summed E-state index contributed by atoms with van der Waals surface area (Å²) in [5.41, 5.74) is 0.962. The number of carbonyl (C=O) groups excluding carboxylic acids is 1. The Kier molecular flexibility index (Phi) is 5.12. The van der Waals surface area contributed by atoms with Crippen LogP contribution in [0.2, 0.25) is 0 Å². The molecule has 1 N–H and O–H groups in total. The smallest absolute Gasteiger partial charge is 0.223 e. The van der Waals surface area contributed by atoms with Crippen LogP contribution in [0.25, 0.3) is 0 Å². The van der Waals surface area contributed by atoms with E-state index in [1.807, 2.05) is 14.0 Å². The first-order chi connectivity index (χ1) is 9.58. The van der Waals surface area contributed by atoms with E-state index in [0.29, 0.717) is 12.3 Å². The molecule has 0 aliphatic carbocycles. The number of rotatable bonds is 4. The van der Waals surface area contributed by atoms with Crippen LogP contribution in [-0.4, -0.2) is 30.9 Å². The molecule has 1 saturated heterocycles. The number of hydrogen-bond donors (Lipinski definition) is 1. The average molecular weight is 278 g/mol. The number of carbonyl (C=O) groups is 1. The first-order valence-corrected chi connectivity index (χ1v) is 7.29. The zero-order valence-electron chi connectivity index (χ0n) is 12.2. The van der Waals surface area contributed by atoms with Crippen molar-refractivity contribution in [2.24, 2.45) is 5.92 Å². The van der Waals surface area contributed by atoms with Gasteiger partial charge in [0.05, 0.1) is 6.04 Å². The molecule has 110 valence electrons. The SMILES string of the molecule is CC(c1ccc(F)cc1)N(C)C(=O)CC1CCCNC1. The molecule has 1 fully saturated rings. The molecule has 0 radical (unpaired) electrons. The molecule has 1 amide bonds. The van der Waals surface area contributed by atoms with Gasteiger partial charge in [-0.15, -0.1) is 0 Å². The molecule has 1 aliphatic rings. The van der Waals surface area contributed by atoms with Crippen molar-refractivity contribution in [1.82, 2.24) is 10.2 Å². The molecule has 0 spiro atoms. The minimum atomic E-state index is -0.247. The molecule has 2 unspecified atom stereocenters. The number of piperidine rings is 1. The minimum absolute atomic E-state index is 0.0281. The Labute approximate surface area is 120 Å². The van der Waals surface area contributed by atoms with Crippen molar-refractivity contribution in [1.29, 1.82) is 0 Å². The summed E-state index contributed by atoms with van der Waals surface area (Å²) in [4.78, 5) is 14.1. The second-order valence-electron chi connectivity index (χ2n) is 5.65. The summed E-state index contributed by atoms with van der Waals surface area (Å²) in [7, 11) is 1.83. The van der Waals surface area contributed by atoms with Gasteiger partial charge in [-0.2, -0.15) is 0 Å². The van der Waals surface area contributed by atoms with E-state index in [-0.39, 0.29) is 17.8 Å². The molecular weight excluding hydrogens is 255 g/mol. The lowest BCUT2D eigenvalue weighted by molar-refractivity contribution is -0.133. The lowest BCUT2D eigenvalue weighted by atomic mass is 9.95. The highest BCUT2D eigenvalue weighted by Gasteiger charge is 2.22. The van der Waals surface area contributed by atoms with Crippen LogP contribution < -0.4 is 5.32 Å². The molecule has 0 saturated carbocycles. The second kappa shape index (κ2) is 6.84. The van der Waals surface area contributed by atoms with Crippen molar-refractivity contribution in [3.05, 3.63) is 35.6 Å². The summed E-state index contributed by atoms with van der Waals surface area (Å²) in [6, 6.07) is 6.34. The maximum absolute atomic E-state index is 12.9. The second-order valence-corrected chi connectivity index (χ2v) is 5.65. The summed E-state index contributed by atoms with van der Waals surface area (Å²) >= 11 is 0. The monoisotopic (exact) mass is 278 g/mol. The molecule has 3 nitrogen and oxygen atoms in total. The first kappa shape index (κ1) is 15.0. The number of amides is 1. The summed E-state index contributed by atoms with van der Waals surface area (Å²) < 4.78 is 12.9. The van der Waals surface area contributed by atoms with Crippen LogP contribution in [-0.2, 0) is 4.79 Å². The summed E-state index contributed by atoms with van der Waals surface area (Å²) in [6.07, 6.45) is 2.86. The highest BCUT2D eigenvalue weighted by Crippen LogP contribution is 2.22. The Morgan fingerprint density at radius 3 is 2.75 bits per heavy atom. The third-order valence-corrected chi connectivity index (χ3v) is 4.19. The molecule has 2 rings (SSSR count). The molecule has 1 heterocycles. The van der Waals surface area contributed by atoms with Gasteiger partial charge in [-0.3, -0.25) is 4.79 Å². The quantitative estimate of drug-likeness (QED) is 0.918. The van der Waals surface area contributed by atoms with Crippen LogP contribution >= 0.6 is 0 Å². The highest BCUT2D eigenvalue weighted by molar-refractivity contribution is 5.76. The van der Waals surface area contributed by atoms with Gasteiger partial charge in [0.15, 0.2) is 0 Å². The molecule has 20 heavy (non-hydrogen) atoms. The van der Waals surface area contributed by atoms with Crippen molar-refractivity contribution < 1.29 is 9.18 Å². The summed E-state index contributed by atoms with van der Waals surface area (Å²) in [6.45, 7) is 3.97. The van der Waals surface area contributed by atoms with Crippen LogP contribution in [0.15, 0.2) is 24.3 Å². The van der Waals surface area contributed by atoms with Gasteiger partial charge in [0.2, 0.25) is 5.91 Å². The first-order valence-electron chi connectivity index (χ1n) is 7.29. The van der Waals surface area contributed by atoms with Crippen LogP contribution in [0.1, 0.15) is 37.8 Å². The molecule has 2 atom stereocenters. The van der Waals surface area contributed by atoms with E-state index in [1.54, 1.807) is 17.0 Å². The fraction of sp³-hybridized carbons (Fsp3) is 0.562. The van der Waals surface area contributed by atoms with Crippen molar-refractivity contribution in [2.75, 3.05) is 20.1 Å². The van der Waals surface area contributed by atoms with E-state index in [4.69, 9.17) is 0 Å². The highest BCUT2D eigenvalue weighted by atomic mass is 19.1. The van der Waals surface area contributed by atoms with Gasteiger partial charge in [-0.05, 0) is 56.5 Å². The number of nitrogens with zero attached hydrogens (tertiary/aromatic N) is 1. The largest absolute Gasteiger partial charge is 0.339 e. The van der Waals surface area contributed by atoms with Gasteiger partial charge in [0.25, 0.3) is 0 Å². The van der Waals surface area contributed by atoms with Crippen molar-refractivity contribution in [2.45, 2.75) is 32.2 Å². The number of hydrogen-bond acceptors (Lipinski definition) is 2. The topological polar surface area (TPSA) is 32.3 Å². The third-order valence-electron chi connectivity index (χ3n) is 4.19. The summed E-state index contributed by atoms with van der Waals surface area (Å²) in [5, 5.41) is 3.33. The normalized spacial score (nSPS) is 20.4. The van der Waals surface area contributed by atoms with E-state index in [1.165, 1.54) is 12.1 Å². The predicted molar refractivity (Wildman–Crippen MR) is 77.8 cm³/mol. The molecule has 1 aromatic carbocycles. The van der Waals surface area contributed by atoms with E-state index in [2.05, 4.69) is 5.32 Å². The van der Waals surface area contributed by atoms with Crippen molar-refractivity contribution in [3.63, 3.8) is 0 Å². The van der Waals surface area contributed by atoms with Crippen LogP contribution in [0.5, 0.6) is 0 Å². The van der Waals surface area contributed by atoms with Gasteiger partial charge < -0.3 is 10.2 Å². The molecule has 1 aliphatic heterocycles. The van der Waals surface area contributed by atoms with Gasteiger partial charge >= 0.3 is 0 Å². The molecule has 0 aromatic heterocycles. The number of benzene rings is 1. The van der Waals surface area contributed by atoms with Crippen LogP contribution in [0.4, 0.5) is 4.39 Å². The Morgan fingerprint density at radius 2 is 2.15 bits per heavy atom. The maximum Gasteiger partial charge on any atom is 0.223 e. The third kappa shape index (κ3) is 3.79. The van der Waals surface area contributed by atoms with Gasteiger partial charge in [-0.1, -0.05) is 12.1 Å². The molecule has 4 heteroatoms. The maximum atomic E-state index is 12.9. The number of halogens is 1. The van der Waals surface area contributed by atoms with Crippen LogP contribution in [0, 0.1) is 11.7 Å². The van der Waals surface area contributed by atoms with Crippen LogP contribution in [0.3, 0.4) is 0 Å². The summed E-state index contributed by atoms with van der Waals surface area (Å²) in [5.74, 6) is 0.359. The van der Waals surface area contributed by atoms with Crippen molar-refractivity contribution >= 4 is 5.91 Å². The molecule has 1 aromatic rings. The zero-order chi connectivity index (χ0) is 14.5. The average Bonchev–Trinajstić information content (AvgIpc) is 2.47. The number of nitrogens with one attached hydrogen (secondary N) is 1. The minimum Gasteiger partial charge on any atom is -0.339 e. The van der Waals surface area contributed by atoms with Gasteiger partial charge in [0, 0.05) is 13.5 Å². The van der Waals surface area contributed by atoms with Crippen molar-refractivity contribution in [3.8, 4) is 0 Å². The van der Waals surface area contributed by atoms with E-state index in [9.17, 15) is 9.18 Å². The standard InChI is InChI=1S/C16H23FN2O/c1-12(14-5-7-15(17)8-6-14)19(2)16(20)10-13-4-3-9-18-11-13/h5-8,12-13,18H,3-4,9-11H2,1-2H3. The lowest BCUT2D eigenvalue weighted by Gasteiger charge is -2.29.